The summed E-state index contributed by atoms with van der Waals surface area (Å²) in [5, 5.41) is 13.7. The summed E-state index contributed by atoms with van der Waals surface area (Å²) < 4.78 is 42.0. The Kier molecular flexibility index (Phi) is 4.28. The zero-order valence-corrected chi connectivity index (χ0v) is 14.7. The summed E-state index contributed by atoms with van der Waals surface area (Å²) in [5.74, 6) is -0.514. The van der Waals surface area contributed by atoms with Gasteiger partial charge in [-0.05, 0) is 18.6 Å². The van der Waals surface area contributed by atoms with Crippen LogP contribution in [0, 0.1) is 0 Å². The van der Waals surface area contributed by atoms with Crippen LogP contribution < -0.4 is 10.6 Å². The minimum absolute atomic E-state index is 0.0403. The van der Waals surface area contributed by atoms with Crippen molar-refractivity contribution in [3.8, 4) is 11.3 Å². The van der Waals surface area contributed by atoms with Gasteiger partial charge in [0, 0.05) is 37.7 Å². The average Bonchev–Trinajstić information content (AvgIpc) is 3.24. The second-order valence-electron chi connectivity index (χ2n) is 6.38. The number of amides is 1. The van der Waals surface area contributed by atoms with Crippen LogP contribution in [-0.2, 0) is 7.05 Å². The van der Waals surface area contributed by atoms with Gasteiger partial charge in [-0.2, -0.15) is 23.4 Å². The van der Waals surface area contributed by atoms with Crippen molar-refractivity contribution in [2.45, 2.75) is 18.6 Å². The van der Waals surface area contributed by atoms with Gasteiger partial charge in [-0.3, -0.25) is 14.5 Å². The van der Waals surface area contributed by atoms with E-state index in [0.29, 0.717) is 11.4 Å². The van der Waals surface area contributed by atoms with Crippen LogP contribution in [0.1, 0.15) is 22.8 Å². The lowest BCUT2D eigenvalue weighted by atomic mass is 10.1. The number of carbonyl (C=O) groups excluding carboxylic acids is 1. The summed E-state index contributed by atoms with van der Waals surface area (Å²) in [6.07, 6.45) is 1.39. The van der Waals surface area contributed by atoms with Gasteiger partial charge in [0.2, 0.25) is 0 Å². The van der Waals surface area contributed by atoms with Crippen molar-refractivity contribution in [3.05, 3.63) is 42.5 Å². The van der Waals surface area contributed by atoms with E-state index in [4.69, 9.17) is 0 Å². The second kappa shape index (κ2) is 6.66. The third-order valence-corrected chi connectivity index (χ3v) is 4.45. The van der Waals surface area contributed by atoms with Crippen LogP contribution in [0.15, 0.2) is 36.9 Å². The molecule has 8 nitrogen and oxygen atoms in total. The number of nitrogens with one attached hydrogen (secondary N) is 2. The molecular formula is C17H16F3N7O. The Balaban J connectivity index is 1.64. The molecular weight excluding hydrogens is 375 g/mol. The highest BCUT2D eigenvalue weighted by Gasteiger charge is 2.44. The quantitative estimate of drug-likeness (QED) is 0.717. The monoisotopic (exact) mass is 391 g/mol. The van der Waals surface area contributed by atoms with Crippen LogP contribution in [0.3, 0.4) is 0 Å². The molecule has 0 saturated heterocycles. The smallest absolute Gasteiger partial charge is 0.370 e. The van der Waals surface area contributed by atoms with E-state index < -0.39 is 18.1 Å². The Morgan fingerprint density at radius 2 is 2.07 bits per heavy atom. The number of carbonyl (C=O) groups is 1. The normalized spacial score (nSPS) is 16.4. The molecule has 0 radical (unpaired) electrons. The van der Waals surface area contributed by atoms with Crippen LogP contribution in [0.5, 0.6) is 0 Å². The van der Waals surface area contributed by atoms with Gasteiger partial charge in [-0.1, -0.05) is 0 Å². The number of pyridine rings is 1. The molecule has 146 valence electrons. The zero-order valence-electron chi connectivity index (χ0n) is 14.7. The van der Waals surface area contributed by atoms with Crippen molar-refractivity contribution in [2.24, 2.45) is 7.05 Å². The van der Waals surface area contributed by atoms with Gasteiger partial charge in [-0.15, -0.1) is 0 Å². The molecule has 2 N–H and O–H groups in total. The number of anilines is 2. The molecule has 3 aromatic heterocycles. The van der Waals surface area contributed by atoms with Gasteiger partial charge < -0.3 is 10.6 Å². The fourth-order valence-electron chi connectivity index (χ4n) is 3.19. The lowest BCUT2D eigenvalue weighted by molar-refractivity contribution is -0.171. The predicted octanol–water partition coefficient (Wildman–Crippen LogP) is 2.85. The molecule has 0 bridgehead atoms. The number of hydrogen-bond donors (Lipinski definition) is 2. The molecule has 1 atom stereocenters. The number of hydrogen-bond acceptors (Lipinski definition) is 5. The summed E-state index contributed by atoms with van der Waals surface area (Å²) in [4.78, 5) is 16.7. The van der Waals surface area contributed by atoms with Crippen LogP contribution in [-0.4, -0.2) is 43.2 Å². The van der Waals surface area contributed by atoms with E-state index in [-0.39, 0.29) is 24.3 Å². The van der Waals surface area contributed by atoms with Crippen molar-refractivity contribution in [1.82, 2.24) is 24.5 Å². The van der Waals surface area contributed by atoms with Crippen molar-refractivity contribution in [2.75, 3.05) is 17.2 Å². The number of fused-ring (bicyclic) bond motifs is 1. The fraction of sp³-hybridized carbons (Fsp3) is 0.294. The van der Waals surface area contributed by atoms with E-state index in [1.807, 2.05) is 0 Å². The highest BCUT2D eigenvalue weighted by Crippen LogP contribution is 2.38. The molecule has 1 unspecified atom stereocenters. The van der Waals surface area contributed by atoms with E-state index in [1.54, 1.807) is 37.8 Å². The third kappa shape index (κ3) is 3.19. The first-order chi connectivity index (χ1) is 13.3. The summed E-state index contributed by atoms with van der Waals surface area (Å²) in [5.41, 5.74) is 1.75. The minimum Gasteiger partial charge on any atom is -0.370 e. The van der Waals surface area contributed by atoms with Crippen LogP contribution in [0.4, 0.5) is 24.7 Å². The van der Waals surface area contributed by atoms with Crippen LogP contribution in [0.2, 0.25) is 0 Å². The van der Waals surface area contributed by atoms with Gasteiger partial charge in [0.25, 0.3) is 5.91 Å². The summed E-state index contributed by atoms with van der Waals surface area (Å²) in [6, 6.07) is 1.74. The topological polar surface area (TPSA) is 89.7 Å². The SMILES string of the molecule is Cn1cc(NC(=O)c2cnn3c2NCCC3C(F)(F)F)c(-c2ccncc2)n1. The molecule has 0 spiro atoms. The van der Waals surface area contributed by atoms with Crippen molar-refractivity contribution >= 4 is 17.4 Å². The van der Waals surface area contributed by atoms with E-state index >= 15 is 0 Å². The van der Waals surface area contributed by atoms with E-state index in [1.165, 1.54) is 4.68 Å². The number of halogens is 3. The van der Waals surface area contributed by atoms with Gasteiger partial charge in [0.15, 0.2) is 6.04 Å². The van der Waals surface area contributed by atoms with Gasteiger partial charge in [-0.25, -0.2) is 4.68 Å². The Morgan fingerprint density at radius 1 is 1.32 bits per heavy atom. The molecule has 3 aromatic rings. The predicted molar refractivity (Wildman–Crippen MR) is 94.8 cm³/mol. The van der Waals surface area contributed by atoms with E-state index in [9.17, 15) is 18.0 Å². The molecule has 0 saturated carbocycles. The average molecular weight is 391 g/mol. The highest BCUT2D eigenvalue weighted by atomic mass is 19.4. The third-order valence-electron chi connectivity index (χ3n) is 4.45. The van der Waals surface area contributed by atoms with Gasteiger partial charge in [0.05, 0.1) is 11.9 Å². The summed E-state index contributed by atoms with van der Waals surface area (Å²) in [6.45, 7) is 0.102. The Bertz CT molecular complexity index is 1010. The second-order valence-corrected chi connectivity index (χ2v) is 6.38. The molecule has 1 aliphatic rings. The number of nitrogens with zero attached hydrogens (tertiary/aromatic N) is 5. The molecule has 0 fully saturated rings. The van der Waals surface area contributed by atoms with E-state index in [2.05, 4.69) is 25.8 Å². The first-order valence-corrected chi connectivity index (χ1v) is 8.48. The molecule has 4 rings (SSSR count). The molecule has 0 aromatic carbocycles. The molecule has 0 aliphatic carbocycles. The number of alkyl halides is 3. The highest BCUT2D eigenvalue weighted by molar-refractivity contribution is 6.08. The maximum Gasteiger partial charge on any atom is 0.410 e. The Hall–Kier alpha value is -3.37. The first-order valence-electron chi connectivity index (χ1n) is 8.48. The maximum absolute atomic E-state index is 13.2. The van der Waals surface area contributed by atoms with Gasteiger partial charge >= 0.3 is 6.18 Å². The fourth-order valence-corrected chi connectivity index (χ4v) is 3.19. The maximum atomic E-state index is 13.2. The van der Waals surface area contributed by atoms with Crippen molar-refractivity contribution < 1.29 is 18.0 Å². The largest absolute Gasteiger partial charge is 0.410 e. The first kappa shape index (κ1) is 18.0. The van der Waals surface area contributed by atoms with Gasteiger partial charge in [0.1, 0.15) is 17.1 Å². The summed E-state index contributed by atoms with van der Waals surface area (Å²) >= 11 is 0. The van der Waals surface area contributed by atoms with Crippen LogP contribution >= 0.6 is 0 Å². The minimum atomic E-state index is -4.44. The lowest BCUT2D eigenvalue weighted by Crippen LogP contribution is -2.34. The Morgan fingerprint density at radius 3 is 2.79 bits per heavy atom. The van der Waals surface area contributed by atoms with E-state index in [0.717, 1.165) is 16.4 Å². The number of rotatable bonds is 3. The van der Waals surface area contributed by atoms with Crippen molar-refractivity contribution in [3.63, 3.8) is 0 Å². The molecule has 28 heavy (non-hydrogen) atoms. The molecule has 4 heterocycles. The molecule has 1 amide bonds. The number of aryl methyl sites for hydroxylation is 1. The Labute approximate surface area is 157 Å². The molecule has 1 aliphatic heterocycles. The summed E-state index contributed by atoms with van der Waals surface area (Å²) in [7, 11) is 1.71. The lowest BCUT2D eigenvalue weighted by Gasteiger charge is -2.27. The standard InChI is InChI=1S/C17H16F3N7O/c1-26-9-12(14(25-26)10-2-5-21-6-3-10)24-16(28)11-8-23-27-13(17(18,19)20)4-7-22-15(11)27/h2-3,5-6,8-9,13,22H,4,7H2,1H3,(H,24,28). The number of aromatic nitrogens is 5. The zero-order chi connectivity index (χ0) is 19.9. The van der Waals surface area contributed by atoms with Crippen LogP contribution in [0.25, 0.3) is 11.3 Å². The molecule has 11 heteroatoms. The van der Waals surface area contributed by atoms with Crippen molar-refractivity contribution in [1.29, 1.82) is 0 Å².